The van der Waals surface area contributed by atoms with Gasteiger partial charge in [0.15, 0.2) is 0 Å². The predicted molar refractivity (Wildman–Crippen MR) is 73.3 cm³/mol. The van der Waals surface area contributed by atoms with Crippen LogP contribution in [0.2, 0.25) is 0 Å². The van der Waals surface area contributed by atoms with Gasteiger partial charge in [0.25, 0.3) is 0 Å². The Bertz CT molecular complexity index is 427. The molecule has 92 valence electrons. The Morgan fingerprint density at radius 2 is 2.24 bits per heavy atom. The third kappa shape index (κ3) is 4.86. The maximum Gasteiger partial charge on any atom is 0.211 e. The van der Waals surface area contributed by atoms with E-state index in [9.17, 15) is 0 Å². The highest BCUT2D eigenvalue weighted by atomic mass is 79.9. The molecule has 1 aromatic carbocycles. The Hall–Kier alpha value is -1.56. The Labute approximate surface area is 109 Å². The molecule has 0 aromatic heterocycles. The van der Waals surface area contributed by atoms with Crippen molar-refractivity contribution in [1.29, 1.82) is 0 Å². The number of nitrogens with two attached hydrogens (primary N) is 2. The van der Waals surface area contributed by atoms with Gasteiger partial charge >= 0.3 is 0 Å². The van der Waals surface area contributed by atoms with E-state index >= 15 is 0 Å². The molecule has 0 aliphatic carbocycles. The lowest BCUT2D eigenvalue weighted by atomic mass is 10.2. The standard InChI is InChI=1S/C11H15BrN4O/c1-2-5-17-10-4-3-8(6-9(10)12)7-15-16-11(13)14/h3-4,6-7H,2,5H2,1H3,(H4,13,14,16). The van der Waals surface area contributed by atoms with Gasteiger partial charge in [-0.25, -0.2) is 0 Å². The van der Waals surface area contributed by atoms with E-state index in [-0.39, 0.29) is 5.96 Å². The van der Waals surface area contributed by atoms with Gasteiger partial charge in [0.1, 0.15) is 5.75 Å². The average Bonchev–Trinajstić information content (AvgIpc) is 2.27. The fraction of sp³-hybridized carbons (Fsp3) is 0.273. The van der Waals surface area contributed by atoms with E-state index in [0.717, 1.165) is 22.2 Å². The van der Waals surface area contributed by atoms with Crippen molar-refractivity contribution in [2.45, 2.75) is 13.3 Å². The summed E-state index contributed by atoms with van der Waals surface area (Å²) in [4.78, 5) is 0. The van der Waals surface area contributed by atoms with Crippen molar-refractivity contribution in [2.75, 3.05) is 6.61 Å². The molecule has 0 saturated heterocycles. The fourth-order valence-electron chi connectivity index (χ4n) is 1.09. The van der Waals surface area contributed by atoms with Crippen LogP contribution in [0.4, 0.5) is 0 Å². The van der Waals surface area contributed by atoms with E-state index in [1.807, 2.05) is 18.2 Å². The van der Waals surface area contributed by atoms with Crippen LogP contribution in [0.3, 0.4) is 0 Å². The molecule has 0 saturated carbocycles. The maximum atomic E-state index is 5.52. The Morgan fingerprint density at radius 1 is 1.47 bits per heavy atom. The van der Waals surface area contributed by atoms with Crippen molar-refractivity contribution in [2.24, 2.45) is 21.7 Å². The van der Waals surface area contributed by atoms with E-state index in [1.54, 1.807) is 6.21 Å². The molecule has 1 rings (SSSR count). The lowest BCUT2D eigenvalue weighted by Crippen LogP contribution is -2.21. The van der Waals surface area contributed by atoms with Crippen LogP contribution >= 0.6 is 15.9 Å². The third-order valence-corrected chi connectivity index (χ3v) is 2.42. The van der Waals surface area contributed by atoms with Crippen LogP contribution in [-0.4, -0.2) is 18.8 Å². The average molecular weight is 299 g/mol. The van der Waals surface area contributed by atoms with Gasteiger partial charge in [-0.15, -0.1) is 5.10 Å². The summed E-state index contributed by atoms with van der Waals surface area (Å²) in [5.74, 6) is 0.744. The Morgan fingerprint density at radius 3 is 2.82 bits per heavy atom. The molecule has 0 bridgehead atoms. The predicted octanol–water partition coefficient (Wildman–Crippen LogP) is 1.85. The van der Waals surface area contributed by atoms with Gasteiger partial charge < -0.3 is 16.2 Å². The smallest absolute Gasteiger partial charge is 0.211 e. The zero-order chi connectivity index (χ0) is 12.7. The molecule has 0 heterocycles. The molecular weight excluding hydrogens is 284 g/mol. The Balaban J connectivity index is 2.74. The molecule has 0 amide bonds. The molecular formula is C11H15BrN4O. The van der Waals surface area contributed by atoms with Crippen LogP contribution in [0.25, 0.3) is 0 Å². The monoisotopic (exact) mass is 298 g/mol. The van der Waals surface area contributed by atoms with E-state index in [0.29, 0.717) is 6.61 Å². The molecule has 17 heavy (non-hydrogen) atoms. The van der Waals surface area contributed by atoms with Gasteiger partial charge in [-0.1, -0.05) is 6.92 Å². The van der Waals surface area contributed by atoms with E-state index in [2.05, 4.69) is 33.1 Å². The highest BCUT2D eigenvalue weighted by Crippen LogP contribution is 2.25. The third-order valence-electron chi connectivity index (χ3n) is 1.80. The second kappa shape index (κ2) is 6.90. The number of rotatable bonds is 5. The molecule has 0 spiro atoms. The van der Waals surface area contributed by atoms with Gasteiger partial charge in [-0.2, -0.15) is 5.10 Å². The fourth-order valence-corrected chi connectivity index (χ4v) is 1.60. The van der Waals surface area contributed by atoms with Gasteiger partial charge in [0.2, 0.25) is 5.96 Å². The molecule has 0 aliphatic rings. The summed E-state index contributed by atoms with van der Waals surface area (Å²) >= 11 is 3.43. The summed E-state index contributed by atoms with van der Waals surface area (Å²) < 4.78 is 6.40. The van der Waals surface area contributed by atoms with Crippen molar-refractivity contribution in [1.82, 2.24) is 0 Å². The molecule has 0 atom stereocenters. The SMILES string of the molecule is CCCOc1ccc(C=NN=C(N)N)cc1Br. The zero-order valence-corrected chi connectivity index (χ0v) is 11.1. The molecule has 6 heteroatoms. The van der Waals surface area contributed by atoms with E-state index in [4.69, 9.17) is 16.2 Å². The minimum absolute atomic E-state index is 0.0665. The number of guanidine groups is 1. The van der Waals surface area contributed by atoms with Gasteiger partial charge in [-0.3, -0.25) is 0 Å². The highest BCUT2D eigenvalue weighted by Gasteiger charge is 2.00. The quantitative estimate of drug-likeness (QED) is 0.494. The lowest BCUT2D eigenvalue weighted by Gasteiger charge is -2.06. The van der Waals surface area contributed by atoms with Crippen LogP contribution in [0.1, 0.15) is 18.9 Å². The summed E-state index contributed by atoms with van der Waals surface area (Å²) in [6.07, 6.45) is 2.54. The van der Waals surface area contributed by atoms with Crippen LogP contribution in [-0.2, 0) is 0 Å². The first-order valence-corrected chi connectivity index (χ1v) is 5.97. The molecule has 1 aromatic rings. The van der Waals surface area contributed by atoms with Crippen molar-refractivity contribution in [3.05, 3.63) is 28.2 Å². The first-order chi connectivity index (χ1) is 8.13. The number of nitrogens with zero attached hydrogens (tertiary/aromatic N) is 2. The summed E-state index contributed by atoms with van der Waals surface area (Å²) in [7, 11) is 0. The first kappa shape index (κ1) is 13.5. The molecule has 0 aliphatic heterocycles. The minimum atomic E-state index is -0.0665. The molecule has 0 unspecified atom stereocenters. The second-order valence-electron chi connectivity index (χ2n) is 3.31. The highest BCUT2D eigenvalue weighted by molar-refractivity contribution is 9.10. The molecule has 0 fully saturated rings. The summed E-state index contributed by atoms with van der Waals surface area (Å²) in [5, 5.41) is 7.24. The van der Waals surface area contributed by atoms with Gasteiger partial charge in [-0.05, 0) is 46.1 Å². The second-order valence-corrected chi connectivity index (χ2v) is 4.16. The van der Waals surface area contributed by atoms with Crippen molar-refractivity contribution in [3.63, 3.8) is 0 Å². The van der Waals surface area contributed by atoms with Crippen LogP contribution in [0.15, 0.2) is 32.9 Å². The van der Waals surface area contributed by atoms with E-state index < -0.39 is 0 Å². The Kier molecular flexibility index (Phi) is 5.48. The van der Waals surface area contributed by atoms with Crippen LogP contribution < -0.4 is 16.2 Å². The topological polar surface area (TPSA) is 86.0 Å². The van der Waals surface area contributed by atoms with Crippen LogP contribution in [0, 0.1) is 0 Å². The lowest BCUT2D eigenvalue weighted by molar-refractivity contribution is 0.315. The maximum absolute atomic E-state index is 5.52. The van der Waals surface area contributed by atoms with E-state index in [1.165, 1.54) is 0 Å². The van der Waals surface area contributed by atoms with Crippen molar-refractivity contribution >= 4 is 28.1 Å². The zero-order valence-electron chi connectivity index (χ0n) is 9.56. The van der Waals surface area contributed by atoms with Crippen molar-refractivity contribution < 1.29 is 4.74 Å². The first-order valence-electron chi connectivity index (χ1n) is 5.17. The number of hydrogen-bond donors (Lipinski definition) is 2. The van der Waals surface area contributed by atoms with Gasteiger partial charge in [0.05, 0.1) is 17.3 Å². The molecule has 0 radical (unpaired) electrons. The summed E-state index contributed by atoms with van der Waals surface area (Å²) in [5.41, 5.74) is 11.2. The molecule has 5 nitrogen and oxygen atoms in total. The minimum Gasteiger partial charge on any atom is -0.492 e. The summed E-state index contributed by atoms with van der Waals surface area (Å²) in [6, 6.07) is 5.63. The normalized spacial score (nSPS) is 10.5. The van der Waals surface area contributed by atoms with Crippen LogP contribution in [0.5, 0.6) is 5.75 Å². The number of benzene rings is 1. The summed E-state index contributed by atoms with van der Waals surface area (Å²) in [6.45, 7) is 2.75. The van der Waals surface area contributed by atoms with Crippen molar-refractivity contribution in [3.8, 4) is 5.75 Å². The van der Waals surface area contributed by atoms with Gasteiger partial charge in [0, 0.05) is 0 Å². The number of halogens is 1. The largest absolute Gasteiger partial charge is 0.492 e. The number of hydrogen-bond acceptors (Lipinski definition) is 3. The number of ether oxygens (including phenoxy) is 1. The molecule has 4 N–H and O–H groups in total.